The minimum Gasteiger partial charge on any atom is -0.495 e. The maximum Gasteiger partial charge on any atom is 0.274 e. The van der Waals surface area contributed by atoms with Crippen molar-refractivity contribution in [1.29, 1.82) is 0 Å². The van der Waals surface area contributed by atoms with Gasteiger partial charge in [-0.25, -0.2) is 9.97 Å². The third-order valence-corrected chi connectivity index (χ3v) is 9.17. The van der Waals surface area contributed by atoms with Crippen LogP contribution in [0.2, 0.25) is 0 Å². The van der Waals surface area contributed by atoms with E-state index in [1.807, 2.05) is 50.3 Å². The minimum absolute atomic E-state index is 0.127. The molecular weight excluding hydrogens is 693 g/mol. The smallest absolute Gasteiger partial charge is 0.274 e. The summed E-state index contributed by atoms with van der Waals surface area (Å²) in [5.74, 6) is 0.844. The number of hydrogen-bond donors (Lipinski definition) is 4. The monoisotopic (exact) mass is 754 g/mol. The number of hydrogen-bond acceptors (Lipinski definition) is 10. The molecule has 0 unspecified atom stereocenters. The average molecular weight is 755 g/mol. The van der Waals surface area contributed by atoms with Crippen molar-refractivity contribution in [3.8, 4) is 17.2 Å². The van der Waals surface area contributed by atoms with E-state index in [-0.39, 0.29) is 29.0 Å². The van der Waals surface area contributed by atoms with E-state index in [0.717, 1.165) is 49.0 Å². The Balaban J connectivity index is 0.000000658. The van der Waals surface area contributed by atoms with Crippen molar-refractivity contribution < 1.29 is 18.8 Å². The highest BCUT2D eigenvalue weighted by molar-refractivity contribution is 5.96. The van der Waals surface area contributed by atoms with Crippen molar-refractivity contribution in [2.24, 2.45) is 11.1 Å². The van der Waals surface area contributed by atoms with Crippen LogP contribution >= 0.6 is 0 Å². The molecule has 5 N–H and O–H groups in total. The van der Waals surface area contributed by atoms with Gasteiger partial charge in [-0.05, 0) is 87.5 Å². The Bertz CT molecular complexity index is 1840. The molecule has 2 aliphatic rings. The minimum atomic E-state index is -0.360. The van der Waals surface area contributed by atoms with Gasteiger partial charge in [0.2, 0.25) is 5.95 Å². The highest BCUT2D eigenvalue weighted by atomic mass is 16.5. The second-order valence-electron chi connectivity index (χ2n) is 15.2. The van der Waals surface area contributed by atoms with Crippen LogP contribution in [0.5, 0.6) is 5.75 Å². The molecule has 0 radical (unpaired) electrons. The number of carbonyl (C=O) groups is 2. The SMILES string of the molecule is C=CCC(C)(C)C.CC.CN.COc1cc(C(=O)NC2CCN(C)CC2)ccc1Nc1ncc2c(n1)-c1onc(C(=O)NCc3ccccc3)c1CC2(C)C. The first kappa shape index (κ1) is 44.3. The molecule has 55 heavy (non-hydrogen) atoms. The van der Waals surface area contributed by atoms with E-state index in [0.29, 0.717) is 52.8 Å². The first-order valence-electron chi connectivity index (χ1n) is 19.1. The average Bonchev–Trinajstić information content (AvgIpc) is 3.60. The molecule has 6 rings (SSSR count). The maximum atomic E-state index is 13.1. The third-order valence-electron chi connectivity index (χ3n) is 9.17. The van der Waals surface area contributed by atoms with Crippen molar-refractivity contribution in [1.82, 2.24) is 30.7 Å². The van der Waals surface area contributed by atoms with Gasteiger partial charge in [0, 0.05) is 35.5 Å². The van der Waals surface area contributed by atoms with Crippen LogP contribution in [0.1, 0.15) is 105 Å². The number of nitrogens with one attached hydrogen (secondary N) is 3. The normalized spacial score (nSPS) is 14.5. The number of nitrogens with zero attached hydrogens (tertiary/aromatic N) is 4. The molecule has 0 saturated carbocycles. The van der Waals surface area contributed by atoms with E-state index in [9.17, 15) is 9.59 Å². The van der Waals surface area contributed by atoms with Crippen LogP contribution in [-0.2, 0) is 18.4 Å². The molecule has 2 aromatic carbocycles. The predicted octanol–water partition coefficient (Wildman–Crippen LogP) is 7.68. The summed E-state index contributed by atoms with van der Waals surface area (Å²) in [5, 5.41) is 13.5. The van der Waals surface area contributed by atoms with Crippen LogP contribution in [0.15, 0.2) is 71.9 Å². The molecule has 298 valence electrons. The van der Waals surface area contributed by atoms with E-state index in [4.69, 9.17) is 14.2 Å². The first-order chi connectivity index (χ1) is 26.3. The molecule has 0 atom stereocenters. The van der Waals surface area contributed by atoms with Crippen LogP contribution < -0.4 is 26.4 Å². The van der Waals surface area contributed by atoms with Crippen LogP contribution in [0.4, 0.5) is 11.6 Å². The number of methoxy groups -OCH3 is 1. The lowest BCUT2D eigenvalue weighted by Crippen LogP contribution is -2.43. The molecule has 0 spiro atoms. The number of rotatable bonds is 9. The highest BCUT2D eigenvalue weighted by Gasteiger charge is 2.39. The summed E-state index contributed by atoms with van der Waals surface area (Å²) >= 11 is 0. The Labute approximate surface area is 327 Å². The first-order valence-corrected chi connectivity index (χ1v) is 19.1. The molecule has 2 amide bonds. The predicted molar refractivity (Wildman–Crippen MR) is 222 cm³/mol. The van der Waals surface area contributed by atoms with Crippen molar-refractivity contribution in [2.45, 2.75) is 92.2 Å². The molecule has 12 nitrogen and oxygen atoms in total. The molecule has 0 bridgehead atoms. The number of anilines is 2. The van der Waals surface area contributed by atoms with Gasteiger partial charge >= 0.3 is 0 Å². The van der Waals surface area contributed by atoms with Gasteiger partial charge in [-0.2, -0.15) is 0 Å². The van der Waals surface area contributed by atoms with Crippen LogP contribution in [0.25, 0.3) is 11.5 Å². The van der Waals surface area contributed by atoms with Gasteiger partial charge in [-0.1, -0.05) is 90.0 Å². The van der Waals surface area contributed by atoms with E-state index in [1.165, 1.54) is 7.05 Å². The molecule has 1 aliphatic carbocycles. The summed E-state index contributed by atoms with van der Waals surface area (Å²) in [6.07, 6.45) is 7.25. The number of nitrogens with two attached hydrogens (primary N) is 1. The van der Waals surface area contributed by atoms with Crippen LogP contribution in [-0.4, -0.2) is 72.2 Å². The molecule has 1 aliphatic heterocycles. The number of carbonyl (C=O) groups excluding carboxylic acids is 2. The quantitative estimate of drug-likeness (QED) is 0.125. The molecular formula is C43H62N8O4. The van der Waals surface area contributed by atoms with Gasteiger partial charge in [-0.3, -0.25) is 9.59 Å². The fraction of sp³-hybridized carbons (Fsp3) is 0.465. The molecule has 1 saturated heterocycles. The van der Waals surface area contributed by atoms with E-state index >= 15 is 0 Å². The summed E-state index contributed by atoms with van der Waals surface area (Å²) in [4.78, 5) is 37.7. The number of likely N-dealkylation sites (tertiary alicyclic amines) is 1. The molecule has 12 heteroatoms. The number of amides is 2. The zero-order valence-corrected chi connectivity index (χ0v) is 34.5. The van der Waals surface area contributed by atoms with Gasteiger partial charge in [0.25, 0.3) is 11.8 Å². The van der Waals surface area contributed by atoms with E-state index in [1.54, 1.807) is 31.5 Å². The van der Waals surface area contributed by atoms with Crippen LogP contribution in [0.3, 0.4) is 0 Å². The molecule has 1 fully saturated rings. The Kier molecular flexibility index (Phi) is 16.6. The lowest BCUT2D eigenvalue weighted by molar-refractivity contribution is 0.0914. The summed E-state index contributed by atoms with van der Waals surface area (Å²) < 4.78 is 11.4. The zero-order chi connectivity index (χ0) is 40.8. The standard InChI is InChI=1S/C33H37N7O4.C7H14.C2H6.CH5N/c1-33(2)17-23-27(31(42)34-18-20-8-6-5-7-9-20)39-44-29(23)28-24(33)19-35-32(38-28)37-25-11-10-21(16-26(25)43-4)30(41)36-22-12-14-40(3)15-13-22;1-5-6-7(2,3)4;2*1-2/h5-11,16,19,22H,12-15,17-18H2,1-4H3,(H,34,42)(H,36,41)(H,35,37,38);5H,1,6H2,2-4H3;1-2H3;2H2,1H3. The van der Waals surface area contributed by atoms with Gasteiger partial charge in [0.15, 0.2) is 11.5 Å². The van der Waals surface area contributed by atoms with Crippen molar-refractivity contribution in [2.75, 3.05) is 39.6 Å². The van der Waals surface area contributed by atoms with Gasteiger partial charge in [0.05, 0.1) is 12.8 Å². The number of ether oxygens (including phenoxy) is 1. The van der Waals surface area contributed by atoms with Crippen molar-refractivity contribution >= 4 is 23.5 Å². The van der Waals surface area contributed by atoms with Gasteiger partial charge in [0.1, 0.15) is 11.4 Å². The second-order valence-corrected chi connectivity index (χ2v) is 15.2. The third kappa shape index (κ3) is 12.2. The summed E-state index contributed by atoms with van der Waals surface area (Å²) in [6.45, 7) is 20.7. The summed E-state index contributed by atoms with van der Waals surface area (Å²) in [5.41, 5.74) is 9.15. The fourth-order valence-corrected chi connectivity index (χ4v) is 6.26. The Hall–Kier alpha value is -5.07. The van der Waals surface area contributed by atoms with Crippen molar-refractivity contribution in [3.05, 3.63) is 95.3 Å². The number of piperidine rings is 1. The van der Waals surface area contributed by atoms with E-state index < -0.39 is 0 Å². The second kappa shape index (κ2) is 20.6. The topological polar surface area (TPSA) is 161 Å². The van der Waals surface area contributed by atoms with E-state index in [2.05, 4.69) is 85.0 Å². The molecule has 2 aromatic heterocycles. The molecule has 4 aromatic rings. The lowest BCUT2D eigenvalue weighted by Gasteiger charge is -2.30. The number of allylic oxidation sites excluding steroid dienone is 1. The van der Waals surface area contributed by atoms with Crippen molar-refractivity contribution in [3.63, 3.8) is 0 Å². The Morgan fingerprint density at radius 1 is 1.07 bits per heavy atom. The van der Waals surface area contributed by atoms with Gasteiger partial charge < -0.3 is 35.8 Å². The Morgan fingerprint density at radius 2 is 1.75 bits per heavy atom. The zero-order valence-electron chi connectivity index (χ0n) is 34.5. The van der Waals surface area contributed by atoms with Gasteiger partial charge in [-0.15, -0.1) is 6.58 Å². The number of benzene rings is 2. The Morgan fingerprint density at radius 3 is 2.35 bits per heavy atom. The van der Waals surface area contributed by atoms with Crippen LogP contribution in [0, 0.1) is 5.41 Å². The summed E-state index contributed by atoms with van der Waals surface area (Å²) in [6, 6.07) is 15.1. The number of aromatic nitrogens is 3. The number of fused-ring (bicyclic) bond motifs is 3. The fourth-order valence-electron chi connectivity index (χ4n) is 6.26. The highest BCUT2D eigenvalue weighted by Crippen LogP contribution is 2.43. The molecule has 3 heterocycles. The largest absolute Gasteiger partial charge is 0.495 e. The maximum absolute atomic E-state index is 13.1. The summed E-state index contributed by atoms with van der Waals surface area (Å²) in [7, 11) is 5.15. The lowest BCUT2D eigenvalue weighted by atomic mass is 9.74.